The fraction of sp³-hybridized carbons (Fsp3) is 0.368. The van der Waals surface area contributed by atoms with Crippen LogP contribution >= 0.6 is 0 Å². The van der Waals surface area contributed by atoms with E-state index in [2.05, 4.69) is 10.3 Å². The summed E-state index contributed by atoms with van der Waals surface area (Å²) in [4.78, 5) is 18.4. The molecule has 1 aliphatic rings. The number of aromatic nitrogens is 1. The van der Waals surface area contributed by atoms with Crippen LogP contribution in [0.25, 0.3) is 0 Å². The van der Waals surface area contributed by atoms with Crippen LogP contribution in [0.2, 0.25) is 0 Å². The maximum atomic E-state index is 13.7. The molecule has 6 heteroatoms. The molecule has 1 unspecified atom stereocenters. The van der Waals surface area contributed by atoms with Crippen molar-refractivity contribution in [3.63, 3.8) is 0 Å². The summed E-state index contributed by atoms with van der Waals surface area (Å²) < 4.78 is 19.4. The Morgan fingerprint density at radius 3 is 2.80 bits per heavy atom. The second-order valence-electron chi connectivity index (χ2n) is 6.12. The van der Waals surface area contributed by atoms with E-state index in [1.165, 1.54) is 6.07 Å². The standard InChI is InChI=1S/C19H22FN3O2/c20-18-6-2-1-4-16(18)12-22-19(24)23(14-17-5-3-11-25-17)13-15-7-9-21-10-8-15/h1-2,4,6-10,17H,3,5,11-14H2,(H,22,24). The van der Waals surface area contributed by atoms with Crippen LogP contribution in [0.4, 0.5) is 9.18 Å². The number of nitrogens with zero attached hydrogens (tertiary/aromatic N) is 2. The van der Waals surface area contributed by atoms with Gasteiger partial charge in [0.2, 0.25) is 0 Å². The molecule has 0 bridgehead atoms. The number of hydrogen-bond donors (Lipinski definition) is 1. The van der Waals surface area contributed by atoms with Crippen LogP contribution in [0.3, 0.4) is 0 Å². The lowest BCUT2D eigenvalue weighted by Gasteiger charge is -2.26. The molecular formula is C19H22FN3O2. The number of benzene rings is 1. The second kappa shape index (κ2) is 8.58. The van der Waals surface area contributed by atoms with E-state index in [0.29, 0.717) is 18.7 Å². The summed E-state index contributed by atoms with van der Waals surface area (Å²) in [5.41, 5.74) is 1.46. The quantitative estimate of drug-likeness (QED) is 0.877. The molecule has 3 rings (SSSR count). The number of pyridine rings is 1. The smallest absolute Gasteiger partial charge is 0.318 e. The molecule has 1 aliphatic heterocycles. The third-order valence-electron chi connectivity index (χ3n) is 4.25. The molecule has 1 atom stereocenters. The Bertz CT molecular complexity index is 690. The third-order valence-corrected chi connectivity index (χ3v) is 4.25. The van der Waals surface area contributed by atoms with Gasteiger partial charge in [-0.25, -0.2) is 9.18 Å². The van der Waals surface area contributed by atoms with Crippen molar-refractivity contribution >= 4 is 6.03 Å². The molecule has 2 heterocycles. The number of carbonyl (C=O) groups excluding carboxylic acids is 1. The zero-order valence-corrected chi connectivity index (χ0v) is 14.0. The van der Waals surface area contributed by atoms with Gasteiger partial charge in [-0.05, 0) is 36.6 Å². The zero-order valence-electron chi connectivity index (χ0n) is 14.0. The Hall–Kier alpha value is -2.47. The monoisotopic (exact) mass is 343 g/mol. The summed E-state index contributed by atoms with van der Waals surface area (Å²) in [6.45, 7) is 1.88. The average molecular weight is 343 g/mol. The largest absolute Gasteiger partial charge is 0.376 e. The molecule has 25 heavy (non-hydrogen) atoms. The summed E-state index contributed by atoms with van der Waals surface area (Å²) in [6, 6.07) is 9.99. The minimum absolute atomic E-state index is 0.0565. The van der Waals surface area contributed by atoms with Crippen LogP contribution in [0.5, 0.6) is 0 Å². The minimum Gasteiger partial charge on any atom is -0.376 e. The van der Waals surface area contributed by atoms with Gasteiger partial charge in [0.1, 0.15) is 5.82 Å². The number of hydrogen-bond acceptors (Lipinski definition) is 3. The summed E-state index contributed by atoms with van der Waals surface area (Å²) >= 11 is 0. The van der Waals surface area contributed by atoms with Crippen LogP contribution in [-0.4, -0.2) is 35.2 Å². The molecule has 1 aromatic carbocycles. The lowest BCUT2D eigenvalue weighted by molar-refractivity contribution is 0.0794. The third kappa shape index (κ3) is 5.00. The summed E-state index contributed by atoms with van der Waals surface area (Å²) in [7, 11) is 0. The predicted molar refractivity (Wildman–Crippen MR) is 92.3 cm³/mol. The van der Waals surface area contributed by atoms with Crippen LogP contribution in [-0.2, 0) is 17.8 Å². The number of nitrogens with one attached hydrogen (secondary N) is 1. The lowest BCUT2D eigenvalue weighted by atomic mass is 10.2. The van der Waals surface area contributed by atoms with Gasteiger partial charge in [-0.15, -0.1) is 0 Å². The molecular weight excluding hydrogens is 321 g/mol. The maximum Gasteiger partial charge on any atom is 0.318 e. The van der Waals surface area contributed by atoms with Gasteiger partial charge in [-0.3, -0.25) is 4.98 Å². The molecule has 0 spiro atoms. The van der Waals surface area contributed by atoms with Crippen LogP contribution in [0.1, 0.15) is 24.0 Å². The summed E-state index contributed by atoms with van der Waals surface area (Å²) in [5.74, 6) is -0.317. The Morgan fingerprint density at radius 1 is 1.28 bits per heavy atom. The van der Waals surface area contributed by atoms with E-state index < -0.39 is 0 Å². The maximum absolute atomic E-state index is 13.7. The van der Waals surface area contributed by atoms with Crippen molar-refractivity contribution in [2.24, 2.45) is 0 Å². The highest BCUT2D eigenvalue weighted by molar-refractivity contribution is 5.74. The Labute approximate surface area is 146 Å². The number of halogens is 1. The molecule has 0 aliphatic carbocycles. The first-order valence-corrected chi connectivity index (χ1v) is 8.49. The van der Waals surface area contributed by atoms with Gasteiger partial charge in [0.05, 0.1) is 6.10 Å². The molecule has 1 aromatic heterocycles. The molecule has 132 valence electrons. The fourth-order valence-electron chi connectivity index (χ4n) is 2.89. The highest BCUT2D eigenvalue weighted by atomic mass is 19.1. The summed E-state index contributed by atoms with van der Waals surface area (Å²) in [6.07, 6.45) is 5.44. The van der Waals surface area contributed by atoms with Crippen molar-refractivity contribution < 1.29 is 13.9 Å². The summed E-state index contributed by atoms with van der Waals surface area (Å²) in [5, 5.41) is 2.81. The molecule has 1 fully saturated rings. The van der Waals surface area contributed by atoms with Gasteiger partial charge in [0.15, 0.2) is 0 Å². The van der Waals surface area contributed by atoms with Gasteiger partial charge in [-0.2, -0.15) is 0 Å². The molecule has 5 nitrogen and oxygen atoms in total. The molecule has 2 amide bonds. The van der Waals surface area contributed by atoms with E-state index in [1.54, 1.807) is 35.5 Å². The van der Waals surface area contributed by atoms with E-state index in [9.17, 15) is 9.18 Å². The van der Waals surface area contributed by atoms with Crippen LogP contribution in [0.15, 0.2) is 48.8 Å². The van der Waals surface area contributed by atoms with Gasteiger partial charge in [-0.1, -0.05) is 18.2 Å². The first kappa shape index (κ1) is 17.4. The molecule has 1 saturated heterocycles. The van der Waals surface area contributed by atoms with Gasteiger partial charge >= 0.3 is 6.03 Å². The van der Waals surface area contributed by atoms with E-state index >= 15 is 0 Å². The first-order chi connectivity index (χ1) is 12.2. The predicted octanol–water partition coefficient (Wildman–Crippen LogP) is 3.11. The van der Waals surface area contributed by atoms with E-state index in [4.69, 9.17) is 4.74 Å². The first-order valence-electron chi connectivity index (χ1n) is 8.49. The van der Waals surface area contributed by atoms with Crippen molar-refractivity contribution in [1.82, 2.24) is 15.2 Å². The fourth-order valence-corrected chi connectivity index (χ4v) is 2.89. The minimum atomic E-state index is -0.317. The highest BCUT2D eigenvalue weighted by Crippen LogP contribution is 2.15. The second-order valence-corrected chi connectivity index (χ2v) is 6.12. The van der Waals surface area contributed by atoms with E-state index in [1.807, 2.05) is 12.1 Å². The molecule has 1 N–H and O–H groups in total. The van der Waals surface area contributed by atoms with E-state index in [-0.39, 0.29) is 24.5 Å². The van der Waals surface area contributed by atoms with Crippen molar-refractivity contribution in [2.45, 2.75) is 32.0 Å². The normalized spacial score (nSPS) is 16.6. The Morgan fingerprint density at radius 2 is 2.08 bits per heavy atom. The average Bonchev–Trinajstić information content (AvgIpc) is 3.14. The van der Waals surface area contributed by atoms with Crippen molar-refractivity contribution in [3.8, 4) is 0 Å². The molecule has 2 aromatic rings. The molecule has 0 radical (unpaired) electrons. The van der Waals surface area contributed by atoms with Gasteiger partial charge in [0, 0.05) is 44.2 Å². The Kier molecular flexibility index (Phi) is 5.95. The van der Waals surface area contributed by atoms with Crippen LogP contribution in [0, 0.1) is 5.82 Å². The van der Waals surface area contributed by atoms with Gasteiger partial charge < -0.3 is 15.0 Å². The lowest BCUT2D eigenvalue weighted by Crippen LogP contribution is -2.43. The number of carbonyl (C=O) groups is 1. The number of ether oxygens (including phenoxy) is 1. The van der Waals surface area contributed by atoms with Crippen molar-refractivity contribution in [3.05, 3.63) is 65.7 Å². The van der Waals surface area contributed by atoms with Crippen LogP contribution < -0.4 is 5.32 Å². The number of amides is 2. The molecule has 0 saturated carbocycles. The topological polar surface area (TPSA) is 54.5 Å². The number of urea groups is 1. The van der Waals surface area contributed by atoms with Gasteiger partial charge in [0.25, 0.3) is 0 Å². The highest BCUT2D eigenvalue weighted by Gasteiger charge is 2.22. The van der Waals surface area contributed by atoms with Crippen molar-refractivity contribution in [1.29, 1.82) is 0 Å². The van der Waals surface area contributed by atoms with E-state index in [0.717, 1.165) is 25.0 Å². The Balaban J connectivity index is 1.64. The zero-order chi connectivity index (χ0) is 17.5. The van der Waals surface area contributed by atoms with Crippen molar-refractivity contribution in [2.75, 3.05) is 13.2 Å². The SMILES string of the molecule is O=C(NCc1ccccc1F)N(Cc1ccncc1)CC1CCCO1. The number of rotatable bonds is 6.